The van der Waals surface area contributed by atoms with Gasteiger partial charge in [-0.25, -0.2) is 12.8 Å². The van der Waals surface area contributed by atoms with E-state index in [-0.39, 0.29) is 5.82 Å². The molecule has 2 fully saturated rings. The molecule has 8 heteroatoms. The minimum atomic E-state index is -3.55. The summed E-state index contributed by atoms with van der Waals surface area (Å²) in [6.45, 7) is 3.76. The number of halogens is 1. The normalized spacial score (nSPS) is 19.7. The average Bonchev–Trinajstić information content (AvgIpc) is 3.32. The SMILES string of the molecule is Cc1nn(C2CCCC2)cc1S(=O)(=O)N1CCN(c2ccc(F)cc2)CC1. The number of rotatable bonds is 4. The van der Waals surface area contributed by atoms with Gasteiger partial charge in [-0.15, -0.1) is 0 Å². The topological polar surface area (TPSA) is 58.4 Å². The maximum Gasteiger partial charge on any atom is 0.246 e. The second-order valence-corrected chi connectivity index (χ2v) is 9.27. The number of nitrogens with zero attached hydrogens (tertiary/aromatic N) is 4. The van der Waals surface area contributed by atoms with Crippen molar-refractivity contribution >= 4 is 15.7 Å². The van der Waals surface area contributed by atoms with Crippen LogP contribution < -0.4 is 4.90 Å². The molecule has 1 saturated carbocycles. The fraction of sp³-hybridized carbons (Fsp3) is 0.526. The van der Waals surface area contributed by atoms with Gasteiger partial charge in [-0.1, -0.05) is 12.8 Å². The van der Waals surface area contributed by atoms with Crippen LogP contribution in [0.4, 0.5) is 10.1 Å². The van der Waals surface area contributed by atoms with E-state index in [0.717, 1.165) is 18.5 Å². The molecule has 0 unspecified atom stereocenters. The molecule has 0 spiro atoms. The summed E-state index contributed by atoms with van der Waals surface area (Å²) in [4.78, 5) is 2.41. The Morgan fingerprint density at radius 2 is 1.67 bits per heavy atom. The van der Waals surface area contributed by atoms with E-state index >= 15 is 0 Å². The van der Waals surface area contributed by atoms with E-state index in [4.69, 9.17) is 0 Å². The minimum absolute atomic E-state index is 0.269. The highest BCUT2D eigenvalue weighted by atomic mass is 32.2. The molecule has 1 aliphatic carbocycles. The van der Waals surface area contributed by atoms with E-state index in [1.807, 2.05) is 4.68 Å². The van der Waals surface area contributed by atoms with Gasteiger partial charge in [0.05, 0.1) is 11.7 Å². The number of benzene rings is 1. The highest BCUT2D eigenvalue weighted by molar-refractivity contribution is 7.89. The number of aryl methyl sites for hydroxylation is 1. The largest absolute Gasteiger partial charge is 0.369 e. The molecule has 1 aromatic heterocycles. The third-order valence-electron chi connectivity index (χ3n) is 5.62. The van der Waals surface area contributed by atoms with Gasteiger partial charge >= 0.3 is 0 Å². The number of hydrogen-bond donors (Lipinski definition) is 0. The Labute approximate surface area is 159 Å². The molecule has 2 aromatic rings. The number of aromatic nitrogens is 2. The van der Waals surface area contributed by atoms with Crippen molar-refractivity contribution in [1.29, 1.82) is 0 Å². The molecule has 0 radical (unpaired) electrons. The Bertz CT molecular complexity index is 896. The molecule has 1 aliphatic heterocycles. The standard InChI is InChI=1S/C19H25FN4O2S/c1-15-19(14-24(21-15)18-4-2-3-5-18)27(25,26)23-12-10-22(11-13-23)17-8-6-16(20)7-9-17/h6-9,14,18H,2-5,10-13H2,1H3. The van der Waals surface area contributed by atoms with Gasteiger partial charge in [0.2, 0.25) is 10.0 Å². The van der Waals surface area contributed by atoms with E-state index < -0.39 is 10.0 Å². The zero-order valence-electron chi connectivity index (χ0n) is 15.5. The lowest BCUT2D eigenvalue weighted by Crippen LogP contribution is -2.48. The Morgan fingerprint density at radius 1 is 1.04 bits per heavy atom. The smallest absolute Gasteiger partial charge is 0.246 e. The molecule has 4 rings (SSSR count). The Morgan fingerprint density at radius 3 is 2.30 bits per heavy atom. The first kappa shape index (κ1) is 18.4. The van der Waals surface area contributed by atoms with Crippen LogP contribution in [0.15, 0.2) is 35.4 Å². The van der Waals surface area contributed by atoms with Gasteiger partial charge in [-0.05, 0) is 44.0 Å². The van der Waals surface area contributed by atoms with Crippen LogP contribution in [0, 0.1) is 12.7 Å². The average molecular weight is 393 g/mol. The van der Waals surface area contributed by atoms with Gasteiger partial charge in [-0.2, -0.15) is 9.40 Å². The molecule has 146 valence electrons. The van der Waals surface area contributed by atoms with Crippen LogP contribution in [0.5, 0.6) is 0 Å². The van der Waals surface area contributed by atoms with Crippen molar-refractivity contribution in [2.45, 2.75) is 43.5 Å². The lowest BCUT2D eigenvalue weighted by Gasteiger charge is -2.35. The summed E-state index contributed by atoms with van der Waals surface area (Å²) in [5.41, 5.74) is 1.49. The van der Waals surface area contributed by atoms with Crippen LogP contribution >= 0.6 is 0 Å². The zero-order chi connectivity index (χ0) is 19.0. The monoisotopic (exact) mass is 392 g/mol. The summed E-state index contributed by atoms with van der Waals surface area (Å²) >= 11 is 0. The molecule has 1 aromatic carbocycles. The second kappa shape index (κ2) is 7.24. The first-order valence-electron chi connectivity index (χ1n) is 9.51. The van der Waals surface area contributed by atoms with E-state index in [1.165, 1.54) is 29.3 Å². The van der Waals surface area contributed by atoms with Crippen molar-refractivity contribution < 1.29 is 12.8 Å². The Balaban J connectivity index is 1.48. The predicted molar refractivity (Wildman–Crippen MR) is 102 cm³/mol. The molecule has 2 heterocycles. The molecule has 1 saturated heterocycles. The van der Waals surface area contributed by atoms with Crippen LogP contribution in [-0.2, 0) is 10.0 Å². The lowest BCUT2D eigenvalue weighted by molar-refractivity contribution is 0.384. The molecule has 0 amide bonds. The molecule has 0 atom stereocenters. The first-order valence-corrected chi connectivity index (χ1v) is 11.0. The Kier molecular flexibility index (Phi) is 4.94. The summed E-state index contributed by atoms with van der Waals surface area (Å²) in [5.74, 6) is -0.269. The molecule has 0 bridgehead atoms. The highest BCUT2D eigenvalue weighted by Gasteiger charge is 2.32. The van der Waals surface area contributed by atoms with Crippen LogP contribution in [0.2, 0.25) is 0 Å². The quantitative estimate of drug-likeness (QED) is 0.803. The van der Waals surface area contributed by atoms with Gasteiger partial charge in [0, 0.05) is 38.1 Å². The van der Waals surface area contributed by atoms with Crippen molar-refractivity contribution in [1.82, 2.24) is 14.1 Å². The van der Waals surface area contributed by atoms with Crippen molar-refractivity contribution in [2.75, 3.05) is 31.1 Å². The molecule has 27 heavy (non-hydrogen) atoms. The van der Waals surface area contributed by atoms with Gasteiger partial charge in [0.1, 0.15) is 10.7 Å². The summed E-state index contributed by atoms with van der Waals surface area (Å²) in [5, 5.41) is 4.49. The number of sulfonamides is 1. The third-order valence-corrected chi connectivity index (χ3v) is 7.62. The Hall–Kier alpha value is -1.93. The summed E-state index contributed by atoms with van der Waals surface area (Å²) < 4.78 is 42.7. The van der Waals surface area contributed by atoms with E-state index in [2.05, 4.69) is 10.00 Å². The third kappa shape index (κ3) is 3.60. The van der Waals surface area contributed by atoms with Crippen LogP contribution in [0.3, 0.4) is 0 Å². The van der Waals surface area contributed by atoms with Gasteiger partial charge in [-0.3, -0.25) is 4.68 Å². The first-order chi connectivity index (χ1) is 12.9. The van der Waals surface area contributed by atoms with Crippen molar-refractivity contribution in [2.24, 2.45) is 0 Å². The fourth-order valence-corrected chi connectivity index (χ4v) is 5.63. The van der Waals surface area contributed by atoms with E-state index in [1.54, 1.807) is 25.3 Å². The van der Waals surface area contributed by atoms with Crippen molar-refractivity contribution in [3.8, 4) is 0 Å². The molecular weight excluding hydrogens is 367 g/mol. The van der Waals surface area contributed by atoms with Gasteiger partial charge in [0.15, 0.2) is 0 Å². The maximum absolute atomic E-state index is 13.1. The van der Waals surface area contributed by atoms with Gasteiger partial charge in [0.25, 0.3) is 0 Å². The van der Waals surface area contributed by atoms with Crippen LogP contribution in [0.1, 0.15) is 37.4 Å². The number of hydrogen-bond acceptors (Lipinski definition) is 4. The van der Waals surface area contributed by atoms with Gasteiger partial charge < -0.3 is 4.90 Å². The fourth-order valence-electron chi connectivity index (χ4n) is 4.05. The van der Waals surface area contributed by atoms with Crippen LogP contribution in [0.25, 0.3) is 0 Å². The summed E-state index contributed by atoms with van der Waals surface area (Å²) in [6.07, 6.45) is 6.20. The van der Waals surface area contributed by atoms with E-state index in [9.17, 15) is 12.8 Å². The zero-order valence-corrected chi connectivity index (χ0v) is 16.3. The highest BCUT2D eigenvalue weighted by Crippen LogP contribution is 2.31. The summed E-state index contributed by atoms with van der Waals surface area (Å²) in [7, 11) is -3.55. The van der Waals surface area contributed by atoms with Crippen LogP contribution in [-0.4, -0.2) is 48.7 Å². The number of piperazine rings is 1. The number of anilines is 1. The minimum Gasteiger partial charge on any atom is -0.369 e. The molecule has 2 aliphatic rings. The lowest BCUT2D eigenvalue weighted by atomic mass is 10.2. The van der Waals surface area contributed by atoms with Crippen molar-refractivity contribution in [3.05, 3.63) is 42.0 Å². The second-order valence-electron chi connectivity index (χ2n) is 7.36. The summed E-state index contributed by atoms with van der Waals surface area (Å²) in [6, 6.07) is 6.64. The predicted octanol–water partition coefficient (Wildman–Crippen LogP) is 2.96. The van der Waals surface area contributed by atoms with E-state index in [0.29, 0.717) is 42.8 Å². The molecule has 0 N–H and O–H groups in total. The molecule has 6 nitrogen and oxygen atoms in total. The van der Waals surface area contributed by atoms with Crippen molar-refractivity contribution in [3.63, 3.8) is 0 Å². The maximum atomic E-state index is 13.1. The molecular formula is C19H25FN4O2S.